The molecule has 186 valence electrons. The molecule has 3 aromatic rings. The minimum Gasteiger partial charge on any atom is -0.356 e. The Morgan fingerprint density at radius 1 is 0.917 bits per heavy atom. The molecule has 1 unspecified atom stereocenters. The van der Waals surface area contributed by atoms with E-state index in [2.05, 4.69) is 22.8 Å². The van der Waals surface area contributed by atoms with Crippen molar-refractivity contribution in [1.82, 2.24) is 10.2 Å². The van der Waals surface area contributed by atoms with Crippen molar-refractivity contribution in [2.45, 2.75) is 32.6 Å². The monoisotopic (exact) mass is 483 g/mol. The van der Waals surface area contributed by atoms with Crippen LogP contribution >= 0.6 is 0 Å². The lowest BCUT2D eigenvalue weighted by molar-refractivity contribution is -0.126. The number of carbonyl (C=O) groups is 3. The van der Waals surface area contributed by atoms with Crippen LogP contribution in [0.4, 0.5) is 5.69 Å². The molecule has 1 saturated heterocycles. The largest absolute Gasteiger partial charge is 0.356 e. The molecule has 3 aromatic carbocycles. The second-order valence-corrected chi connectivity index (χ2v) is 9.37. The first-order chi connectivity index (χ1) is 17.5. The molecule has 36 heavy (non-hydrogen) atoms. The zero-order valence-electron chi connectivity index (χ0n) is 20.7. The molecule has 0 radical (unpaired) electrons. The van der Waals surface area contributed by atoms with Crippen LogP contribution in [0.25, 0.3) is 0 Å². The zero-order valence-corrected chi connectivity index (χ0v) is 20.7. The van der Waals surface area contributed by atoms with E-state index in [0.29, 0.717) is 36.4 Å². The van der Waals surface area contributed by atoms with E-state index in [4.69, 9.17) is 0 Å². The first kappa shape index (κ1) is 25.2. The third-order valence-electron chi connectivity index (χ3n) is 6.54. The van der Waals surface area contributed by atoms with Crippen molar-refractivity contribution in [3.8, 4) is 0 Å². The van der Waals surface area contributed by atoms with Crippen molar-refractivity contribution >= 4 is 23.4 Å². The number of piperidine rings is 1. The Labute approximate surface area is 212 Å². The Bertz CT molecular complexity index is 1190. The summed E-state index contributed by atoms with van der Waals surface area (Å²) in [6.45, 7) is 3.62. The molecule has 4 rings (SSSR count). The molecule has 2 N–H and O–H groups in total. The predicted molar refractivity (Wildman–Crippen MR) is 142 cm³/mol. The van der Waals surface area contributed by atoms with Gasteiger partial charge in [-0.25, -0.2) is 0 Å². The first-order valence-corrected chi connectivity index (χ1v) is 12.6. The maximum absolute atomic E-state index is 13.2. The Morgan fingerprint density at radius 3 is 2.47 bits per heavy atom. The lowest BCUT2D eigenvalue weighted by Crippen LogP contribution is -2.45. The maximum Gasteiger partial charge on any atom is 0.255 e. The Balaban J connectivity index is 1.29. The van der Waals surface area contributed by atoms with Crippen molar-refractivity contribution in [2.75, 3.05) is 25.0 Å². The fourth-order valence-electron chi connectivity index (χ4n) is 4.49. The highest BCUT2D eigenvalue weighted by atomic mass is 16.2. The van der Waals surface area contributed by atoms with Crippen LogP contribution in [0.5, 0.6) is 0 Å². The smallest absolute Gasteiger partial charge is 0.255 e. The van der Waals surface area contributed by atoms with E-state index < -0.39 is 0 Å². The number of rotatable bonds is 8. The molecule has 1 aliphatic heterocycles. The van der Waals surface area contributed by atoms with E-state index in [9.17, 15) is 14.4 Å². The Hall–Kier alpha value is -3.93. The van der Waals surface area contributed by atoms with E-state index in [1.807, 2.05) is 37.3 Å². The van der Waals surface area contributed by atoms with E-state index >= 15 is 0 Å². The van der Waals surface area contributed by atoms with Crippen LogP contribution in [0, 0.1) is 12.8 Å². The highest BCUT2D eigenvalue weighted by Crippen LogP contribution is 2.21. The first-order valence-electron chi connectivity index (χ1n) is 12.6. The van der Waals surface area contributed by atoms with Gasteiger partial charge in [0.15, 0.2) is 0 Å². The molecule has 1 fully saturated rings. The number of likely N-dealkylation sites (tertiary alicyclic amines) is 1. The minimum atomic E-state index is -0.221. The summed E-state index contributed by atoms with van der Waals surface area (Å²) in [5.41, 5.74) is 3.97. The molecule has 0 saturated carbocycles. The highest BCUT2D eigenvalue weighted by molar-refractivity contribution is 6.05. The average molecular weight is 484 g/mol. The van der Waals surface area contributed by atoms with Gasteiger partial charge in [-0.2, -0.15) is 0 Å². The summed E-state index contributed by atoms with van der Waals surface area (Å²) in [4.78, 5) is 40.3. The number of carbonyl (C=O) groups excluding carboxylic acids is 3. The fraction of sp³-hybridized carbons (Fsp3) is 0.300. The van der Waals surface area contributed by atoms with Gasteiger partial charge in [0, 0.05) is 36.4 Å². The molecule has 1 heterocycles. The van der Waals surface area contributed by atoms with E-state index in [-0.39, 0.29) is 23.6 Å². The zero-order chi connectivity index (χ0) is 25.3. The summed E-state index contributed by atoms with van der Waals surface area (Å²) in [6, 6.07) is 24.5. The summed E-state index contributed by atoms with van der Waals surface area (Å²) in [5, 5.41) is 5.92. The summed E-state index contributed by atoms with van der Waals surface area (Å²) in [7, 11) is 0. The molecule has 0 spiro atoms. The van der Waals surface area contributed by atoms with Crippen LogP contribution < -0.4 is 10.6 Å². The molecule has 3 amide bonds. The molecule has 0 aromatic heterocycles. The van der Waals surface area contributed by atoms with Crippen molar-refractivity contribution in [2.24, 2.45) is 5.92 Å². The van der Waals surface area contributed by atoms with Gasteiger partial charge in [0.2, 0.25) is 5.91 Å². The van der Waals surface area contributed by atoms with Crippen LogP contribution in [0.1, 0.15) is 51.1 Å². The van der Waals surface area contributed by atoms with Crippen LogP contribution in [0.3, 0.4) is 0 Å². The van der Waals surface area contributed by atoms with Crippen LogP contribution in [-0.2, 0) is 11.2 Å². The van der Waals surface area contributed by atoms with Crippen molar-refractivity contribution < 1.29 is 14.4 Å². The Kier molecular flexibility index (Phi) is 8.50. The van der Waals surface area contributed by atoms with Gasteiger partial charge in [0.1, 0.15) is 0 Å². The lowest BCUT2D eigenvalue weighted by atomic mass is 9.96. The van der Waals surface area contributed by atoms with Gasteiger partial charge in [-0.3, -0.25) is 14.4 Å². The van der Waals surface area contributed by atoms with Gasteiger partial charge in [0.25, 0.3) is 11.8 Å². The maximum atomic E-state index is 13.2. The lowest BCUT2D eigenvalue weighted by Gasteiger charge is -2.32. The average Bonchev–Trinajstić information content (AvgIpc) is 2.91. The summed E-state index contributed by atoms with van der Waals surface area (Å²) in [6.07, 6.45) is 3.37. The third-order valence-corrected chi connectivity index (χ3v) is 6.54. The summed E-state index contributed by atoms with van der Waals surface area (Å²) in [5.74, 6) is -0.534. The van der Waals surface area contributed by atoms with E-state index in [0.717, 1.165) is 31.2 Å². The van der Waals surface area contributed by atoms with Crippen molar-refractivity contribution in [3.63, 3.8) is 0 Å². The summed E-state index contributed by atoms with van der Waals surface area (Å²) >= 11 is 0. The Morgan fingerprint density at radius 2 is 1.69 bits per heavy atom. The second kappa shape index (κ2) is 12.2. The van der Waals surface area contributed by atoms with Crippen LogP contribution in [0.2, 0.25) is 0 Å². The molecule has 0 aliphatic carbocycles. The molecule has 0 bridgehead atoms. The summed E-state index contributed by atoms with van der Waals surface area (Å²) < 4.78 is 0. The van der Waals surface area contributed by atoms with Gasteiger partial charge < -0.3 is 15.5 Å². The van der Waals surface area contributed by atoms with Gasteiger partial charge in [-0.15, -0.1) is 0 Å². The second-order valence-electron chi connectivity index (χ2n) is 9.37. The molecular weight excluding hydrogens is 450 g/mol. The quantitative estimate of drug-likeness (QED) is 0.450. The number of nitrogens with zero attached hydrogens (tertiary/aromatic N) is 1. The molecule has 1 aliphatic rings. The minimum absolute atomic E-state index is 0.0136. The third kappa shape index (κ3) is 6.81. The van der Waals surface area contributed by atoms with Gasteiger partial charge in [-0.1, -0.05) is 54.1 Å². The topological polar surface area (TPSA) is 78.5 Å². The van der Waals surface area contributed by atoms with E-state index in [1.165, 1.54) is 5.56 Å². The van der Waals surface area contributed by atoms with Crippen molar-refractivity contribution in [1.29, 1.82) is 0 Å². The number of hydrogen-bond acceptors (Lipinski definition) is 3. The van der Waals surface area contributed by atoms with Gasteiger partial charge in [0.05, 0.1) is 5.92 Å². The van der Waals surface area contributed by atoms with Crippen molar-refractivity contribution in [3.05, 3.63) is 101 Å². The standard InChI is InChI=1S/C30H33N3O3/c1-22-14-16-24(17-15-22)29(35)32-27-13-5-11-25(20-27)30(36)33-19-7-12-26(21-33)28(34)31-18-6-10-23-8-3-2-4-9-23/h2-5,8-9,11,13-17,20,26H,6-7,10,12,18-19,21H2,1H3,(H,31,34)(H,32,35). The number of benzene rings is 3. The molecular formula is C30H33N3O3. The highest BCUT2D eigenvalue weighted by Gasteiger charge is 2.29. The number of amides is 3. The number of anilines is 1. The molecule has 1 atom stereocenters. The molecule has 6 heteroatoms. The number of nitrogens with one attached hydrogen (secondary N) is 2. The number of hydrogen-bond donors (Lipinski definition) is 2. The number of aryl methyl sites for hydroxylation is 2. The normalized spacial score (nSPS) is 15.2. The van der Waals surface area contributed by atoms with E-state index in [1.54, 1.807) is 41.3 Å². The van der Waals surface area contributed by atoms with Gasteiger partial charge in [-0.05, 0) is 68.5 Å². The van der Waals surface area contributed by atoms with Gasteiger partial charge >= 0.3 is 0 Å². The van der Waals surface area contributed by atoms with Crippen LogP contribution in [0.15, 0.2) is 78.9 Å². The van der Waals surface area contributed by atoms with Crippen LogP contribution in [-0.4, -0.2) is 42.3 Å². The fourth-order valence-corrected chi connectivity index (χ4v) is 4.49. The SMILES string of the molecule is Cc1ccc(C(=O)Nc2cccc(C(=O)N3CCCC(C(=O)NCCCc4ccccc4)C3)c2)cc1. The molecule has 6 nitrogen and oxygen atoms in total. The predicted octanol–water partition coefficient (Wildman–Crippen LogP) is 4.85.